The lowest BCUT2D eigenvalue weighted by molar-refractivity contribution is -0.160. The summed E-state index contributed by atoms with van der Waals surface area (Å²) >= 11 is 0. The summed E-state index contributed by atoms with van der Waals surface area (Å²) < 4.78 is 18.9. The van der Waals surface area contributed by atoms with Gasteiger partial charge in [-0.25, -0.2) is 19.2 Å². The first-order chi connectivity index (χ1) is 14.2. The fraction of sp³-hybridized carbons (Fsp3) is 0.455. The van der Waals surface area contributed by atoms with E-state index in [4.69, 9.17) is 9.47 Å². The third kappa shape index (κ3) is 14.8. The molecule has 8 heteroatoms. The topological polar surface area (TPSA) is 105 Å². The minimum Gasteiger partial charge on any atom is -0.462 e. The van der Waals surface area contributed by atoms with Gasteiger partial charge in [0.2, 0.25) is 6.79 Å². The number of hydrogen-bond acceptors (Lipinski definition) is 8. The average Bonchev–Trinajstić information content (AvgIpc) is 2.78. The Hall–Kier alpha value is -3.16. The fourth-order valence-corrected chi connectivity index (χ4v) is 1.95. The molecule has 0 heterocycles. The zero-order chi connectivity index (χ0) is 23.4. The minimum atomic E-state index is -0.637. The van der Waals surface area contributed by atoms with E-state index in [0.29, 0.717) is 0 Å². The van der Waals surface area contributed by atoms with Gasteiger partial charge in [0.15, 0.2) is 0 Å². The van der Waals surface area contributed by atoms with Crippen LogP contribution in [0.1, 0.15) is 39.5 Å². The maximum atomic E-state index is 11.2. The number of esters is 4. The van der Waals surface area contributed by atoms with E-state index in [1.54, 1.807) is 0 Å². The molecule has 0 aromatic carbocycles. The lowest BCUT2D eigenvalue weighted by Crippen LogP contribution is -2.33. The standard InChI is InChI=1S/C15H24O4.C7H8O4/c1-5-9-10-15(8-4,11-18-13(16)6-2)12-19-14(17)7-3;1-3-6(8)10-5-11-7(9)4-2/h6-7H,2-3,5,8-12H2,1,4H3;3-4H,1-2,5H2. The molecule has 0 bridgehead atoms. The van der Waals surface area contributed by atoms with Gasteiger partial charge in [0.25, 0.3) is 0 Å². The molecule has 0 atom stereocenters. The van der Waals surface area contributed by atoms with Crippen molar-refractivity contribution < 1.29 is 38.1 Å². The van der Waals surface area contributed by atoms with Crippen molar-refractivity contribution in [2.45, 2.75) is 39.5 Å². The smallest absolute Gasteiger partial charge is 0.333 e. The van der Waals surface area contributed by atoms with Crippen molar-refractivity contribution in [3.05, 3.63) is 50.6 Å². The molecule has 0 unspecified atom stereocenters. The first kappa shape index (κ1) is 29.0. The molecule has 0 aliphatic heterocycles. The van der Waals surface area contributed by atoms with E-state index in [-0.39, 0.29) is 18.6 Å². The summed E-state index contributed by atoms with van der Waals surface area (Å²) in [5, 5.41) is 0. The molecule has 0 spiro atoms. The Balaban J connectivity index is 0. The molecule has 0 amide bonds. The Kier molecular flexibility index (Phi) is 17.3. The number of carbonyl (C=O) groups excluding carboxylic acids is 4. The molecule has 0 saturated carbocycles. The van der Waals surface area contributed by atoms with Crippen LogP contribution < -0.4 is 0 Å². The van der Waals surface area contributed by atoms with Gasteiger partial charge in [0.1, 0.15) is 13.2 Å². The Morgan fingerprint density at radius 2 is 1.07 bits per heavy atom. The van der Waals surface area contributed by atoms with Crippen LogP contribution in [0.3, 0.4) is 0 Å². The Morgan fingerprint density at radius 3 is 1.37 bits per heavy atom. The first-order valence-electron chi connectivity index (χ1n) is 9.40. The number of carbonyl (C=O) groups is 4. The predicted octanol–water partition coefficient (Wildman–Crippen LogP) is 3.43. The van der Waals surface area contributed by atoms with Crippen LogP contribution in [0.15, 0.2) is 50.6 Å². The van der Waals surface area contributed by atoms with E-state index < -0.39 is 30.7 Å². The van der Waals surface area contributed by atoms with Gasteiger partial charge in [-0.05, 0) is 12.8 Å². The van der Waals surface area contributed by atoms with E-state index in [0.717, 1.165) is 50.0 Å². The third-order valence-corrected chi connectivity index (χ3v) is 3.92. The molecule has 0 radical (unpaired) electrons. The highest BCUT2D eigenvalue weighted by molar-refractivity contribution is 5.82. The van der Waals surface area contributed by atoms with Crippen LogP contribution in [0.4, 0.5) is 0 Å². The second-order valence-electron chi connectivity index (χ2n) is 6.03. The molecular weight excluding hydrogens is 392 g/mol. The summed E-state index contributed by atoms with van der Waals surface area (Å²) in [6, 6.07) is 0. The Bertz CT molecular complexity index is 562. The van der Waals surface area contributed by atoms with E-state index in [9.17, 15) is 19.2 Å². The quantitative estimate of drug-likeness (QED) is 0.181. The molecule has 0 fully saturated rings. The normalized spacial score (nSPS) is 9.67. The van der Waals surface area contributed by atoms with Gasteiger partial charge in [-0.2, -0.15) is 0 Å². The average molecular weight is 424 g/mol. The number of rotatable bonds is 14. The van der Waals surface area contributed by atoms with Gasteiger partial charge >= 0.3 is 23.9 Å². The molecule has 0 aliphatic rings. The van der Waals surface area contributed by atoms with Crippen molar-refractivity contribution in [2.24, 2.45) is 5.41 Å². The Morgan fingerprint density at radius 1 is 0.700 bits per heavy atom. The van der Waals surface area contributed by atoms with Gasteiger partial charge in [-0.1, -0.05) is 53.0 Å². The lowest BCUT2D eigenvalue weighted by atomic mass is 9.81. The van der Waals surface area contributed by atoms with E-state index in [1.807, 2.05) is 6.92 Å². The number of unbranched alkanes of at least 4 members (excludes halogenated alkanes) is 1. The largest absolute Gasteiger partial charge is 0.462 e. The van der Waals surface area contributed by atoms with Crippen molar-refractivity contribution in [1.82, 2.24) is 0 Å². The summed E-state index contributed by atoms with van der Waals surface area (Å²) in [6.07, 6.45) is 7.85. The van der Waals surface area contributed by atoms with Crippen LogP contribution in [0.2, 0.25) is 0 Å². The first-order valence-corrected chi connectivity index (χ1v) is 9.40. The molecule has 8 nitrogen and oxygen atoms in total. The third-order valence-electron chi connectivity index (χ3n) is 3.92. The monoisotopic (exact) mass is 424 g/mol. The van der Waals surface area contributed by atoms with Crippen LogP contribution in [0, 0.1) is 5.41 Å². The number of ether oxygens (including phenoxy) is 4. The highest BCUT2D eigenvalue weighted by Crippen LogP contribution is 2.30. The van der Waals surface area contributed by atoms with Crippen LogP contribution in [-0.4, -0.2) is 43.9 Å². The van der Waals surface area contributed by atoms with Crippen LogP contribution in [-0.2, 0) is 38.1 Å². The zero-order valence-electron chi connectivity index (χ0n) is 17.9. The van der Waals surface area contributed by atoms with Crippen LogP contribution in [0.25, 0.3) is 0 Å². The van der Waals surface area contributed by atoms with E-state index in [2.05, 4.69) is 42.7 Å². The SMILES string of the molecule is C=CC(=O)OCC(CC)(CCCC)COC(=O)C=C.C=CC(=O)OCOC(=O)C=C. The zero-order valence-corrected chi connectivity index (χ0v) is 17.9. The maximum Gasteiger partial charge on any atom is 0.333 e. The summed E-state index contributed by atoms with van der Waals surface area (Å²) in [5.74, 6) is -2.18. The van der Waals surface area contributed by atoms with Crippen molar-refractivity contribution in [2.75, 3.05) is 20.0 Å². The van der Waals surface area contributed by atoms with Gasteiger partial charge in [-0.3, -0.25) is 0 Å². The van der Waals surface area contributed by atoms with Gasteiger partial charge in [0, 0.05) is 29.7 Å². The minimum absolute atomic E-state index is 0.235. The van der Waals surface area contributed by atoms with Crippen LogP contribution >= 0.6 is 0 Å². The summed E-state index contributed by atoms with van der Waals surface area (Å²) in [6.45, 7) is 17.2. The predicted molar refractivity (Wildman–Crippen MR) is 112 cm³/mol. The molecule has 168 valence electrons. The summed E-state index contributed by atoms with van der Waals surface area (Å²) in [7, 11) is 0. The Labute approximate surface area is 178 Å². The molecule has 0 aromatic heterocycles. The number of hydrogen-bond donors (Lipinski definition) is 0. The van der Waals surface area contributed by atoms with E-state index in [1.165, 1.54) is 0 Å². The molecule has 30 heavy (non-hydrogen) atoms. The summed E-state index contributed by atoms with van der Waals surface area (Å²) in [5.41, 5.74) is -0.326. The highest BCUT2D eigenvalue weighted by atomic mass is 16.7. The molecule has 0 rings (SSSR count). The highest BCUT2D eigenvalue weighted by Gasteiger charge is 2.31. The van der Waals surface area contributed by atoms with Gasteiger partial charge < -0.3 is 18.9 Å². The van der Waals surface area contributed by atoms with Crippen molar-refractivity contribution in [1.29, 1.82) is 0 Å². The lowest BCUT2D eigenvalue weighted by Gasteiger charge is -2.31. The van der Waals surface area contributed by atoms with Crippen LogP contribution in [0.5, 0.6) is 0 Å². The molecule has 0 N–H and O–H groups in total. The van der Waals surface area contributed by atoms with E-state index >= 15 is 0 Å². The maximum absolute atomic E-state index is 11.2. The van der Waals surface area contributed by atoms with Crippen molar-refractivity contribution in [3.8, 4) is 0 Å². The summed E-state index contributed by atoms with van der Waals surface area (Å²) in [4.78, 5) is 43.0. The van der Waals surface area contributed by atoms with Gasteiger partial charge in [0.05, 0.1) is 0 Å². The fourth-order valence-electron chi connectivity index (χ4n) is 1.95. The molecule has 0 aromatic rings. The van der Waals surface area contributed by atoms with Crippen molar-refractivity contribution >= 4 is 23.9 Å². The second kappa shape index (κ2) is 17.9. The second-order valence-corrected chi connectivity index (χ2v) is 6.03. The molecule has 0 saturated heterocycles. The van der Waals surface area contributed by atoms with Crippen molar-refractivity contribution in [3.63, 3.8) is 0 Å². The van der Waals surface area contributed by atoms with Gasteiger partial charge in [-0.15, -0.1) is 0 Å². The molecule has 0 aliphatic carbocycles. The molecular formula is C22H32O8.